The molecule has 12 amide bonds. The van der Waals surface area contributed by atoms with Gasteiger partial charge in [-0.05, 0) is 131 Å². The number of benzene rings is 1. The van der Waals surface area contributed by atoms with Crippen LogP contribution in [0.3, 0.4) is 0 Å². The first-order valence-corrected chi connectivity index (χ1v) is 39.2. The van der Waals surface area contributed by atoms with Gasteiger partial charge in [-0.3, -0.25) is 57.5 Å². The molecule has 586 valence electrons. The number of carbonyl (C=O) groups excluding carboxylic acids is 12. The SMILES string of the molecule is CC[C@H](C)[C@@H]1NC(=O)[C@H](CC(C)C)N(C)C(=O)C[C@@H](C(=O)N2CCCCC2)N(C)C(=O)[C@H](C(C)C)N(C)C(=O)C2(CCCC2)NC(=O)[C@@H]2CCCN2C(=O)[C@H](CCc2ccc(C(F)(F)F)c(Cl)c2)NC(=O)CN(C)C(=O)[C@H](CC2CCCCC2)N(C)C(=O)[C@@H]2CCN2C(=O)[C@H](CC2CCCC2)N(C)C1=O. The van der Waals surface area contributed by atoms with Gasteiger partial charge in [0.25, 0.3) is 0 Å². The number of nitrogens with one attached hydrogen (secondary N) is 3. The van der Waals surface area contributed by atoms with Crippen LogP contribution < -0.4 is 16.0 Å². The van der Waals surface area contributed by atoms with Gasteiger partial charge < -0.3 is 60.0 Å². The van der Waals surface area contributed by atoms with Crippen molar-refractivity contribution < 1.29 is 70.7 Å². The Balaban J connectivity index is 1.19. The third-order valence-electron chi connectivity index (χ3n) is 24.0. The summed E-state index contributed by atoms with van der Waals surface area (Å²) in [5, 5.41) is 8.30. The molecule has 0 radical (unpaired) electrons. The van der Waals surface area contributed by atoms with E-state index in [1.54, 1.807) is 25.8 Å². The largest absolute Gasteiger partial charge is 0.417 e. The average Bonchev–Trinajstić information content (AvgIpc) is 1.77. The second kappa shape index (κ2) is 36.7. The van der Waals surface area contributed by atoms with Crippen molar-refractivity contribution in [2.24, 2.45) is 29.6 Å². The average molecular weight is 1500 g/mol. The van der Waals surface area contributed by atoms with Crippen molar-refractivity contribution >= 4 is 82.5 Å². The van der Waals surface area contributed by atoms with Crippen LogP contribution in [-0.2, 0) is 70.1 Å². The van der Waals surface area contributed by atoms with E-state index in [4.69, 9.17) is 11.6 Å². The second-order valence-corrected chi connectivity index (χ2v) is 32.6. The standard InChI is InChI=1S/C77H118ClF3N12O12/c1-13-49(6)64-73(103)88(10)60(44-51-27-18-19-28-51)72(102)93-40-34-57(93)70(100)87(9)59(43-50-25-16-14-17-26-50)69(99)85(7)46-62(94)82-55(33-31-52-30-32-53(54(78)42-52)77(79,80)81)68(98)92-39-24-29-56(92)67(97)84-76(35-20-21-36-76)75(105)90(12)65(48(4)5)74(104)89(11)61(71(101)91-37-22-15-23-38-91)45-63(95)86(8)58(41-47(2)3)66(96)83-64/h30,32,42,47-51,55-61,64-65H,13-29,31,33-41,43-46H2,1-12H3,(H,82,94)(H,83,96)(H,84,97)/t49-,55-,56-,57-,58-,59-,60-,61-,64-,65-/m0/s1. The van der Waals surface area contributed by atoms with Crippen LogP contribution in [0.2, 0.25) is 5.02 Å². The highest BCUT2D eigenvalue weighted by Gasteiger charge is 2.52. The van der Waals surface area contributed by atoms with Gasteiger partial charge in [0.2, 0.25) is 70.9 Å². The molecule has 0 aromatic heterocycles. The fraction of sp³-hybridized carbons (Fsp3) is 0.766. The lowest BCUT2D eigenvalue weighted by molar-refractivity contribution is -0.161. The first-order valence-electron chi connectivity index (χ1n) is 38.9. The first kappa shape index (κ1) is 83.6. The zero-order valence-electron chi connectivity index (χ0n) is 64.2. The number of fused-ring (bicyclic) bond motifs is 2. The molecule has 1 aromatic rings. The number of carbonyl (C=O) groups is 12. The summed E-state index contributed by atoms with van der Waals surface area (Å²) in [5.74, 6) is -8.55. The van der Waals surface area contributed by atoms with Crippen molar-refractivity contribution in [1.29, 1.82) is 0 Å². The molecule has 4 heterocycles. The number of hydrogen-bond acceptors (Lipinski definition) is 12. The molecule has 4 saturated heterocycles. The van der Waals surface area contributed by atoms with Gasteiger partial charge in [0.1, 0.15) is 59.9 Å². The number of hydrogen-bond donors (Lipinski definition) is 3. The molecule has 10 atom stereocenters. The number of halogens is 4. The minimum absolute atomic E-state index is 0.0236. The van der Waals surface area contributed by atoms with E-state index in [1.807, 2.05) is 27.7 Å². The van der Waals surface area contributed by atoms with Crippen molar-refractivity contribution in [3.63, 3.8) is 0 Å². The molecule has 8 rings (SSSR count). The maximum atomic E-state index is 15.5. The predicted molar refractivity (Wildman–Crippen MR) is 390 cm³/mol. The Morgan fingerprint density at radius 3 is 1.73 bits per heavy atom. The van der Waals surface area contributed by atoms with E-state index in [-0.39, 0.29) is 88.6 Å². The summed E-state index contributed by atoms with van der Waals surface area (Å²) in [7, 11) is 8.81. The molecule has 0 unspecified atom stereocenters. The number of likely N-dealkylation sites (tertiary alicyclic amines) is 1. The molecule has 3 N–H and O–H groups in total. The quantitative estimate of drug-likeness (QED) is 0.172. The zero-order chi connectivity index (χ0) is 77.1. The normalized spacial score (nSPS) is 28.0. The summed E-state index contributed by atoms with van der Waals surface area (Å²) in [4.78, 5) is 195. The number of nitrogens with zero attached hydrogens (tertiary/aromatic N) is 9. The Hall–Kier alpha value is -7.06. The van der Waals surface area contributed by atoms with E-state index in [9.17, 15) is 18.0 Å². The fourth-order valence-electron chi connectivity index (χ4n) is 17.2. The Morgan fingerprint density at radius 2 is 1.17 bits per heavy atom. The lowest BCUT2D eigenvalue weighted by Crippen LogP contribution is -2.65. The van der Waals surface area contributed by atoms with Gasteiger partial charge >= 0.3 is 6.18 Å². The van der Waals surface area contributed by atoms with Crippen LogP contribution in [0.15, 0.2) is 18.2 Å². The van der Waals surface area contributed by atoms with Gasteiger partial charge in [-0.1, -0.05) is 136 Å². The van der Waals surface area contributed by atoms with Gasteiger partial charge in [-0.25, -0.2) is 0 Å². The van der Waals surface area contributed by atoms with E-state index in [2.05, 4.69) is 16.0 Å². The maximum Gasteiger partial charge on any atom is 0.417 e. The number of alkyl halides is 3. The summed E-state index contributed by atoms with van der Waals surface area (Å²) in [6.45, 7) is 11.3. The highest BCUT2D eigenvalue weighted by molar-refractivity contribution is 6.31. The van der Waals surface area contributed by atoms with Gasteiger partial charge in [-0.2, -0.15) is 13.2 Å². The van der Waals surface area contributed by atoms with Crippen molar-refractivity contribution in [2.45, 2.75) is 275 Å². The molecule has 1 aromatic carbocycles. The third kappa shape index (κ3) is 20.0. The lowest BCUT2D eigenvalue weighted by atomic mass is 9.84. The molecule has 28 heteroatoms. The Kier molecular flexibility index (Phi) is 29.2. The number of aryl methyl sites for hydroxylation is 1. The number of amides is 12. The fourth-order valence-corrected chi connectivity index (χ4v) is 17.6. The topological polar surface area (TPSA) is 270 Å². The van der Waals surface area contributed by atoms with Gasteiger partial charge in [0.15, 0.2) is 0 Å². The molecule has 1 spiro atoms. The second-order valence-electron chi connectivity index (χ2n) is 32.2. The molecule has 4 aliphatic heterocycles. The van der Waals surface area contributed by atoms with E-state index >= 15 is 52.7 Å². The Morgan fingerprint density at radius 1 is 0.590 bits per heavy atom. The summed E-state index contributed by atoms with van der Waals surface area (Å²) < 4.78 is 41.8. The van der Waals surface area contributed by atoms with Crippen LogP contribution >= 0.6 is 11.6 Å². The monoisotopic (exact) mass is 1490 g/mol. The first-order chi connectivity index (χ1) is 49.6. The zero-order valence-corrected chi connectivity index (χ0v) is 64.9. The molecule has 3 saturated carbocycles. The molecular formula is C77H118ClF3N12O12. The molecule has 105 heavy (non-hydrogen) atoms. The number of rotatable bonds is 13. The van der Waals surface area contributed by atoms with Crippen molar-refractivity contribution in [1.82, 2.24) is 60.0 Å². The minimum Gasteiger partial charge on any atom is -0.343 e. The van der Waals surface area contributed by atoms with Crippen LogP contribution in [-0.4, -0.2) is 250 Å². The van der Waals surface area contributed by atoms with Crippen LogP contribution in [0, 0.1) is 29.6 Å². The highest BCUT2D eigenvalue weighted by atomic mass is 35.5. The predicted octanol–water partition coefficient (Wildman–Crippen LogP) is 7.59. The van der Waals surface area contributed by atoms with E-state index in [0.29, 0.717) is 57.2 Å². The molecule has 3 aliphatic carbocycles. The minimum atomic E-state index is -4.76. The number of piperidine rings is 1. The van der Waals surface area contributed by atoms with Crippen LogP contribution in [0.5, 0.6) is 0 Å². The lowest BCUT2D eigenvalue weighted by Gasteiger charge is -2.46. The third-order valence-corrected chi connectivity index (χ3v) is 24.3. The smallest absolute Gasteiger partial charge is 0.343 e. The van der Waals surface area contributed by atoms with Crippen LogP contribution in [0.1, 0.15) is 213 Å². The molecule has 7 aliphatic rings. The molecule has 24 nitrogen and oxygen atoms in total. The van der Waals surface area contributed by atoms with Crippen molar-refractivity contribution in [3.05, 3.63) is 34.3 Å². The molecular weight excluding hydrogens is 1380 g/mol. The summed E-state index contributed by atoms with van der Waals surface area (Å²) >= 11 is 6.19. The van der Waals surface area contributed by atoms with E-state index in [1.165, 1.54) is 80.5 Å². The molecule has 0 bridgehead atoms. The van der Waals surface area contributed by atoms with Crippen molar-refractivity contribution in [3.8, 4) is 0 Å². The summed E-state index contributed by atoms with van der Waals surface area (Å²) in [6.07, 6.45) is 7.62. The Labute approximate surface area is 624 Å². The number of likely N-dealkylation sites (N-methyl/N-ethyl adjacent to an activating group) is 6. The highest BCUT2D eigenvalue weighted by Crippen LogP contribution is 2.39. The molecule has 7 fully saturated rings. The van der Waals surface area contributed by atoms with Crippen molar-refractivity contribution in [2.75, 3.05) is 75.0 Å². The van der Waals surface area contributed by atoms with E-state index in [0.717, 1.165) is 76.3 Å². The van der Waals surface area contributed by atoms with Gasteiger partial charge in [-0.15, -0.1) is 0 Å². The summed E-state index contributed by atoms with van der Waals surface area (Å²) in [6, 6.07) is -7.70. The Bertz CT molecular complexity index is 3300. The van der Waals surface area contributed by atoms with Crippen LogP contribution in [0.4, 0.5) is 13.2 Å². The van der Waals surface area contributed by atoms with Crippen LogP contribution in [0.25, 0.3) is 0 Å². The van der Waals surface area contributed by atoms with Gasteiger partial charge in [0.05, 0.1) is 23.6 Å². The van der Waals surface area contributed by atoms with Gasteiger partial charge in [0, 0.05) is 68.5 Å². The van der Waals surface area contributed by atoms with E-state index < -0.39 is 172 Å². The summed E-state index contributed by atoms with van der Waals surface area (Å²) in [5.41, 5.74) is -2.35. The maximum absolute atomic E-state index is 15.5.